The summed E-state index contributed by atoms with van der Waals surface area (Å²) < 4.78 is 31.7. The maximum atomic E-state index is 12.7. The Bertz CT molecular complexity index is 1100. The van der Waals surface area contributed by atoms with Crippen LogP contribution >= 0.6 is 0 Å². The molecule has 0 aromatic heterocycles. The Morgan fingerprint density at radius 2 is 1.69 bits per heavy atom. The van der Waals surface area contributed by atoms with E-state index < -0.39 is 12.1 Å². The van der Waals surface area contributed by atoms with Gasteiger partial charge in [0.05, 0.1) is 0 Å². The van der Waals surface area contributed by atoms with Crippen LogP contribution < -0.4 is 10.2 Å². The number of carbonyl (C=O) groups is 2. The minimum absolute atomic E-state index is 0.0393. The summed E-state index contributed by atoms with van der Waals surface area (Å²) in [6.45, 7) is 12.0. The molecule has 2 heterocycles. The third-order valence-electron chi connectivity index (χ3n) is 6.93. The van der Waals surface area contributed by atoms with Crippen molar-refractivity contribution in [2.75, 3.05) is 29.9 Å². The summed E-state index contributed by atoms with van der Waals surface area (Å²) in [5.41, 5.74) is 6.19. The Kier molecular flexibility index (Phi) is 8.66. The first-order valence-electron chi connectivity index (χ1n) is 12.2. The van der Waals surface area contributed by atoms with Gasteiger partial charge in [0.2, 0.25) is 0 Å². The Balaban J connectivity index is 0.000000454. The molecule has 2 aromatic rings. The fourth-order valence-electron chi connectivity index (χ4n) is 4.99. The highest BCUT2D eigenvalue weighted by Crippen LogP contribution is 2.30. The zero-order valence-electron chi connectivity index (χ0n) is 21.2. The predicted molar refractivity (Wildman–Crippen MR) is 135 cm³/mol. The van der Waals surface area contributed by atoms with Crippen LogP contribution in [0.1, 0.15) is 53.2 Å². The van der Waals surface area contributed by atoms with Gasteiger partial charge in [0.15, 0.2) is 0 Å². The number of halogens is 3. The van der Waals surface area contributed by atoms with Crippen LogP contribution in [0.25, 0.3) is 0 Å². The molecule has 0 spiro atoms. The maximum absolute atomic E-state index is 12.7. The van der Waals surface area contributed by atoms with Crippen molar-refractivity contribution in [3.05, 3.63) is 58.7 Å². The lowest BCUT2D eigenvalue weighted by Crippen LogP contribution is -2.39. The third-order valence-corrected chi connectivity index (χ3v) is 6.93. The number of aliphatic carboxylic acids is 1. The zero-order chi connectivity index (χ0) is 26.6. The Morgan fingerprint density at radius 3 is 2.25 bits per heavy atom. The molecule has 0 radical (unpaired) electrons. The van der Waals surface area contributed by atoms with Crippen molar-refractivity contribution in [1.29, 1.82) is 0 Å². The van der Waals surface area contributed by atoms with Crippen LogP contribution in [0.3, 0.4) is 0 Å². The quantitative estimate of drug-likeness (QED) is 0.569. The van der Waals surface area contributed by atoms with Crippen molar-refractivity contribution in [2.45, 2.75) is 65.2 Å². The van der Waals surface area contributed by atoms with E-state index in [1.165, 1.54) is 37.1 Å². The molecule has 2 fully saturated rings. The number of nitrogens with zero attached hydrogens (tertiary/aromatic N) is 2. The molecule has 2 saturated heterocycles. The van der Waals surface area contributed by atoms with E-state index in [4.69, 9.17) is 9.90 Å². The van der Waals surface area contributed by atoms with E-state index in [0.717, 1.165) is 41.5 Å². The normalized spacial score (nSPS) is 20.1. The molecular weight excluding hydrogens is 471 g/mol. The van der Waals surface area contributed by atoms with E-state index >= 15 is 0 Å². The molecule has 0 bridgehead atoms. The van der Waals surface area contributed by atoms with Gasteiger partial charge in [-0.3, -0.25) is 9.69 Å². The molecule has 196 valence electrons. The number of carboxylic acid groups (broad SMARTS) is 1. The van der Waals surface area contributed by atoms with E-state index in [-0.39, 0.29) is 5.91 Å². The van der Waals surface area contributed by atoms with E-state index in [1.807, 2.05) is 26.0 Å². The minimum atomic E-state index is -5.08. The van der Waals surface area contributed by atoms with Crippen molar-refractivity contribution in [3.63, 3.8) is 0 Å². The topological polar surface area (TPSA) is 72.9 Å². The molecular formula is C27H34F3N3O3. The standard InChI is InChI=1S/C25H33N3O.C2HF3O2/c1-17-7-9-23(18(2)14-17)25(29)26-24-10-8-21(15-19(24)3)27-13-11-22(16-27)28-12-5-6-20(28)4;3-2(4,5)1(6)7/h7-10,14-15,20,22H,5-6,11-13,16H2,1-4H3,(H,26,29);(H,6,7). The van der Waals surface area contributed by atoms with E-state index in [2.05, 4.69) is 53.2 Å². The molecule has 4 rings (SSSR count). The van der Waals surface area contributed by atoms with Crippen LogP contribution in [0.15, 0.2) is 36.4 Å². The highest BCUT2D eigenvalue weighted by Gasteiger charge is 2.38. The number of anilines is 2. The maximum Gasteiger partial charge on any atom is 0.490 e. The van der Waals surface area contributed by atoms with Crippen LogP contribution in [0.5, 0.6) is 0 Å². The number of nitrogens with one attached hydrogen (secondary N) is 1. The number of rotatable bonds is 4. The highest BCUT2D eigenvalue weighted by atomic mass is 19.4. The molecule has 2 unspecified atom stereocenters. The molecule has 0 aliphatic carbocycles. The SMILES string of the molecule is Cc1ccc(C(=O)Nc2ccc(N3CCC(N4CCCC4C)C3)cc2C)c(C)c1.O=C(O)C(F)(F)F. The van der Waals surface area contributed by atoms with Gasteiger partial charge in [0, 0.05) is 42.1 Å². The first kappa shape index (κ1) is 27.5. The average molecular weight is 506 g/mol. The van der Waals surface area contributed by atoms with Crippen molar-refractivity contribution in [1.82, 2.24) is 4.90 Å². The molecule has 2 N–H and O–H groups in total. The highest BCUT2D eigenvalue weighted by molar-refractivity contribution is 6.05. The average Bonchev–Trinajstić information content (AvgIpc) is 3.43. The summed E-state index contributed by atoms with van der Waals surface area (Å²) in [7, 11) is 0. The zero-order valence-corrected chi connectivity index (χ0v) is 21.2. The summed E-state index contributed by atoms with van der Waals surface area (Å²) in [4.78, 5) is 26.8. The van der Waals surface area contributed by atoms with Crippen molar-refractivity contribution in [2.24, 2.45) is 0 Å². The van der Waals surface area contributed by atoms with Gasteiger partial charge in [-0.15, -0.1) is 0 Å². The van der Waals surface area contributed by atoms with Gasteiger partial charge in [0.25, 0.3) is 5.91 Å². The van der Waals surface area contributed by atoms with E-state index in [9.17, 15) is 18.0 Å². The van der Waals surface area contributed by atoms with Gasteiger partial charge in [-0.05, 0) is 88.9 Å². The second-order valence-corrected chi connectivity index (χ2v) is 9.69. The molecule has 2 aliphatic heterocycles. The molecule has 1 amide bonds. The number of carboxylic acids is 1. The molecule has 0 saturated carbocycles. The second kappa shape index (κ2) is 11.3. The molecule has 2 aliphatic rings. The number of hydrogen-bond acceptors (Lipinski definition) is 4. The third kappa shape index (κ3) is 6.78. The summed E-state index contributed by atoms with van der Waals surface area (Å²) in [5.74, 6) is -2.80. The Labute approximate surface area is 210 Å². The number of alkyl halides is 3. The molecule has 2 aromatic carbocycles. The lowest BCUT2D eigenvalue weighted by atomic mass is 10.0. The van der Waals surface area contributed by atoms with Gasteiger partial charge in [0.1, 0.15) is 0 Å². The van der Waals surface area contributed by atoms with Crippen molar-refractivity contribution >= 4 is 23.3 Å². The van der Waals surface area contributed by atoms with Crippen LogP contribution in [0.4, 0.5) is 24.5 Å². The van der Waals surface area contributed by atoms with Crippen LogP contribution in [0.2, 0.25) is 0 Å². The first-order chi connectivity index (χ1) is 16.9. The molecule has 2 atom stereocenters. The van der Waals surface area contributed by atoms with Crippen LogP contribution in [-0.4, -0.2) is 59.8 Å². The Hall–Kier alpha value is -3.07. The number of aryl methyl sites for hydroxylation is 3. The second-order valence-electron chi connectivity index (χ2n) is 9.69. The van der Waals surface area contributed by atoms with Crippen LogP contribution in [-0.2, 0) is 4.79 Å². The summed E-state index contributed by atoms with van der Waals surface area (Å²) in [6.07, 6.45) is -1.16. The lowest BCUT2D eigenvalue weighted by Gasteiger charge is -2.28. The fraction of sp³-hybridized carbons (Fsp3) is 0.481. The van der Waals surface area contributed by atoms with Gasteiger partial charge < -0.3 is 15.3 Å². The van der Waals surface area contributed by atoms with Gasteiger partial charge in [-0.2, -0.15) is 13.2 Å². The van der Waals surface area contributed by atoms with E-state index in [0.29, 0.717) is 6.04 Å². The molecule has 36 heavy (non-hydrogen) atoms. The molecule has 9 heteroatoms. The number of hydrogen-bond donors (Lipinski definition) is 2. The lowest BCUT2D eigenvalue weighted by molar-refractivity contribution is -0.192. The minimum Gasteiger partial charge on any atom is -0.475 e. The monoisotopic (exact) mass is 505 g/mol. The number of amides is 1. The summed E-state index contributed by atoms with van der Waals surface area (Å²) in [6, 6.07) is 13.8. The summed E-state index contributed by atoms with van der Waals surface area (Å²) in [5, 5.41) is 10.2. The van der Waals surface area contributed by atoms with Crippen molar-refractivity contribution < 1.29 is 27.9 Å². The van der Waals surface area contributed by atoms with Crippen LogP contribution in [0, 0.1) is 20.8 Å². The van der Waals surface area contributed by atoms with Crippen molar-refractivity contribution in [3.8, 4) is 0 Å². The Morgan fingerprint density at radius 1 is 1.00 bits per heavy atom. The number of likely N-dealkylation sites (tertiary alicyclic amines) is 1. The van der Waals surface area contributed by atoms with Gasteiger partial charge in [-0.1, -0.05) is 17.7 Å². The largest absolute Gasteiger partial charge is 0.490 e. The smallest absolute Gasteiger partial charge is 0.475 e. The predicted octanol–water partition coefficient (Wildman–Crippen LogP) is 5.56. The molecule has 6 nitrogen and oxygen atoms in total. The fourth-order valence-corrected chi connectivity index (χ4v) is 4.99. The van der Waals surface area contributed by atoms with Gasteiger partial charge >= 0.3 is 12.1 Å². The van der Waals surface area contributed by atoms with E-state index in [1.54, 1.807) is 0 Å². The summed E-state index contributed by atoms with van der Waals surface area (Å²) >= 11 is 0. The number of carbonyl (C=O) groups excluding carboxylic acids is 1. The van der Waals surface area contributed by atoms with Gasteiger partial charge in [-0.25, -0.2) is 4.79 Å². The first-order valence-corrected chi connectivity index (χ1v) is 12.2. The number of benzene rings is 2.